The quantitative estimate of drug-likeness (QED) is 0.677. The molecule has 0 radical (unpaired) electrons. The van der Waals surface area contributed by atoms with Crippen molar-refractivity contribution < 1.29 is 4.79 Å². The van der Waals surface area contributed by atoms with Gasteiger partial charge in [-0.3, -0.25) is 4.79 Å². The molecule has 0 fully saturated rings. The molecular formula is C17H16ClN3OS. The van der Waals surface area contributed by atoms with E-state index in [-0.39, 0.29) is 11.2 Å². The number of nitrogens with one attached hydrogen (secondary N) is 2. The fourth-order valence-corrected chi connectivity index (χ4v) is 3.18. The van der Waals surface area contributed by atoms with Gasteiger partial charge < -0.3 is 10.3 Å². The number of benzene rings is 2. The first kappa shape index (κ1) is 15.9. The first-order valence-corrected chi connectivity index (χ1v) is 8.47. The van der Waals surface area contributed by atoms with Gasteiger partial charge in [0.25, 0.3) is 0 Å². The minimum atomic E-state index is -0.298. The summed E-state index contributed by atoms with van der Waals surface area (Å²) in [5, 5.41) is 3.80. The van der Waals surface area contributed by atoms with Crippen molar-refractivity contribution in [3.05, 3.63) is 53.1 Å². The molecule has 1 aromatic heterocycles. The molecule has 23 heavy (non-hydrogen) atoms. The number of imidazole rings is 1. The Morgan fingerprint density at radius 1 is 1.30 bits per heavy atom. The maximum Gasteiger partial charge on any atom is 0.237 e. The van der Waals surface area contributed by atoms with Crippen LogP contribution in [-0.2, 0) is 4.79 Å². The van der Waals surface area contributed by atoms with Gasteiger partial charge in [-0.05, 0) is 43.7 Å². The highest BCUT2D eigenvalue weighted by atomic mass is 35.5. The summed E-state index contributed by atoms with van der Waals surface area (Å²) in [5.41, 5.74) is 3.66. The lowest BCUT2D eigenvalue weighted by atomic mass is 10.2. The van der Waals surface area contributed by atoms with Crippen LogP contribution in [0.15, 0.2) is 47.6 Å². The van der Waals surface area contributed by atoms with Crippen LogP contribution in [0.3, 0.4) is 0 Å². The Morgan fingerprint density at radius 3 is 2.87 bits per heavy atom. The molecule has 0 saturated heterocycles. The molecule has 1 atom stereocenters. The smallest absolute Gasteiger partial charge is 0.237 e. The SMILES string of the molecule is Cc1ccc2nc(SC(C)C(=O)Nc3ccccc3Cl)[nH]c2c1. The van der Waals surface area contributed by atoms with Crippen LogP contribution < -0.4 is 5.32 Å². The Balaban J connectivity index is 1.71. The van der Waals surface area contributed by atoms with E-state index in [9.17, 15) is 4.79 Å². The van der Waals surface area contributed by atoms with E-state index in [4.69, 9.17) is 11.6 Å². The zero-order valence-corrected chi connectivity index (χ0v) is 14.3. The average molecular weight is 346 g/mol. The number of thioether (sulfide) groups is 1. The predicted molar refractivity (Wildman–Crippen MR) is 96.2 cm³/mol. The molecule has 2 aromatic carbocycles. The van der Waals surface area contributed by atoms with Gasteiger partial charge in [0.2, 0.25) is 5.91 Å². The normalized spacial score (nSPS) is 12.3. The summed E-state index contributed by atoms with van der Waals surface area (Å²) in [5.74, 6) is -0.111. The van der Waals surface area contributed by atoms with Gasteiger partial charge in [-0.1, -0.05) is 41.6 Å². The predicted octanol–water partition coefficient (Wildman–Crippen LogP) is 4.64. The van der Waals surface area contributed by atoms with E-state index in [1.807, 2.05) is 44.2 Å². The van der Waals surface area contributed by atoms with E-state index in [2.05, 4.69) is 15.3 Å². The van der Waals surface area contributed by atoms with Crippen LogP contribution in [0.1, 0.15) is 12.5 Å². The van der Waals surface area contributed by atoms with E-state index in [0.717, 1.165) is 16.2 Å². The average Bonchev–Trinajstić information content (AvgIpc) is 2.90. The van der Waals surface area contributed by atoms with E-state index in [1.54, 1.807) is 12.1 Å². The molecule has 0 aliphatic heterocycles. The van der Waals surface area contributed by atoms with E-state index in [0.29, 0.717) is 10.7 Å². The van der Waals surface area contributed by atoms with Crippen molar-refractivity contribution in [2.75, 3.05) is 5.32 Å². The number of hydrogen-bond donors (Lipinski definition) is 2. The third-order valence-electron chi connectivity index (χ3n) is 3.41. The molecule has 1 heterocycles. The molecule has 4 nitrogen and oxygen atoms in total. The van der Waals surface area contributed by atoms with Crippen LogP contribution in [0.25, 0.3) is 11.0 Å². The van der Waals surface area contributed by atoms with Gasteiger partial charge in [0.05, 0.1) is 27.0 Å². The molecule has 0 bridgehead atoms. The number of amides is 1. The van der Waals surface area contributed by atoms with Crippen LogP contribution in [0.2, 0.25) is 5.02 Å². The summed E-state index contributed by atoms with van der Waals surface area (Å²) >= 11 is 7.45. The fraction of sp³-hybridized carbons (Fsp3) is 0.176. The summed E-state index contributed by atoms with van der Waals surface area (Å²) in [6.45, 7) is 3.88. The Kier molecular flexibility index (Phi) is 4.59. The highest BCUT2D eigenvalue weighted by Gasteiger charge is 2.17. The maximum atomic E-state index is 12.3. The zero-order valence-electron chi connectivity index (χ0n) is 12.8. The highest BCUT2D eigenvalue weighted by molar-refractivity contribution is 8.00. The van der Waals surface area contributed by atoms with Gasteiger partial charge >= 0.3 is 0 Å². The van der Waals surface area contributed by atoms with Crippen LogP contribution >= 0.6 is 23.4 Å². The summed E-state index contributed by atoms with van der Waals surface area (Å²) in [6, 6.07) is 13.2. The van der Waals surface area contributed by atoms with E-state index < -0.39 is 0 Å². The number of carbonyl (C=O) groups is 1. The molecular weight excluding hydrogens is 330 g/mol. The van der Waals surface area contributed by atoms with Crippen LogP contribution in [0, 0.1) is 6.92 Å². The number of aromatic nitrogens is 2. The number of hydrogen-bond acceptors (Lipinski definition) is 3. The number of rotatable bonds is 4. The van der Waals surface area contributed by atoms with Gasteiger partial charge in [-0.15, -0.1) is 0 Å². The third kappa shape index (κ3) is 3.68. The Hall–Kier alpha value is -1.98. The van der Waals surface area contributed by atoms with Crippen LogP contribution in [-0.4, -0.2) is 21.1 Å². The van der Waals surface area contributed by atoms with Crippen molar-refractivity contribution in [1.29, 1.82) is 0 Å². The van der Waals surface area contributed by atoms with Crippen molar-refractivity contribution in [1.82, 2.24) is 9.97 Å². The molecule has 118 valence electrons. The number of fused-ring (bicyclic) bond motifs is 1. The molecule has 3 rings (SSSR count). The topological polar surface area (TPSA) is 57.8 Å². The number of para-hydroxylation sites is 1. The zero-order chi connectivity index (χ0) is 16.4. The van der Waals surface area contributed by atoms with Gasteiger partial charge in [-0.2, -0.15) is 0 Å². The molecule has 0 aliphatic carbocycles. The number of halogens is 1. The first-order valence-electron chi connectivity index (χ1n) is 7.21. The largest absolute Gasteiger partial charge is 0.333 e. The number of carbonyl (C=O) groups excluding carboxylic acids is 1. The number of nitrogens with zero attached hydrogens (tertiary/aromatic N) is 1. The second-order valence-electron chi connectivity index (χ2n) is 5.29. The molecule has 3 aromatic rings. The number of H-pyrrole nitrogens is 1. The fourth-order valence-electron chi connectivity index (χ4n) is 2.17. The lowest BCUT2D eigenvalue weighted by molar-refractivity contribution is -0.115. The maximum absolute atomic E-state index is 12.3. The van der Waals surface area contributed by atoms with Crippen molar-refractivity contribution >= 4 is 46.0 Å². The Bertz CT molecular complexity index is 862. The molecule has 1 amide bonds. The van der Waals surface area contributed by atoms with Crippen LogP contribution in [0.5, 0.6) is 0 Å². The van der Waals surface area contributed by atoms with Crippen molar-refractivity contribution in [2.45, 2.75) is 24.3 Å². The monoisotopic (exact) mass is 345 g/mol. The molecule has 0 spiro atoms. The number of aryl methyl sites for hydroxylation is 1. The second-order valence-corrected chi connectivity index (χ2v) is 7.03. The summed E-state index contributed by atoms with van der Waals surface area (Å²) < 4.78 is 0. The second kappa shape index (κ2) is 6.64. The molecule has 2 N–H and O–H groups in total. The summed E-state index contributed by atoms with van der Waals surface area (Å²) in [4.78, 5) is 20.1. The van der Waals surface area contributed by atoms with Gasteiger partial charge in [0, 0.05) is 0 Å². The first-order chi connectivity index (χ1) is 11.0. The minimum Gasteiger partial charge on any atom is -0.333 e. The standard InChI is InChI=1S/C17H16ClN3OS/c1-10-7-8-14-15(9-10)21-17(20-14)23-11(2)16(22)19-13-6-4-3-5-12(13)18/h3-9,11H,1-2H3,(H,19,22)(H,20,21). The lowest BCUT2D eigenvalue weighted by Crippen LogP contribution is -2.22. The molecule has 0 aliphatic rings. The van der Waals surface area contributed by atoms with Crippen molar-refractivity contribution in [3.63, 3.8) is 0 Å². The summed E-state index contributed by atoms with van der Waals surface area (Å²) in [6.07, 6.45) is 0. The summed E-state index contributed by atoms with van der Waals surface area (Å²) in [7, 11) is 0. The molecule has 6 heteroatoms. The lowest BCUT2D eigenvalue weighted by Gasteiger charge is -2.11. The third-order valence-corrected chi connectivity index (χ3v) is 4.72. The van der Waals surface area contributed by atoms with Gasteiger partial charge in [0.15, 0.2) is 5.16 Å². The van der Waals surface area contributed by atoms with Crippen LogP contribution in [0.4, 0.5) is 5.69 Å². The number of aromatic amines is 1. The van der Waals surface area contributed by atoms with Crippen molar-refractivity contribution in [2.24, 2.45) is 0 Å². The Morgan fingerprint density at radius 2 is 2.09 bits per heavy atom. The minimum absolute atomic E-state index is 0.111. The van der Waals surface area contributed by atoms with Gasteiger partial charge in [-0.25, -0.2) is 4.98 Å². The van der Waals surface area contributed by atoms with E-state index in [1.165, 1.54) is 17.3 Å². The number of anilines is 1. The molecule has 0 saturated carbocycles. The Labute approximate surface area is 143 Å². The van der Waals surface area contributed by atoms with Crippen molar-refractivity contribution in [3.8, 4) is 0 Å². The highest BCUT2D eigenvalue weighted by Crippen LogP contribution is 2.26. The van der Waals surface area contributed by atoms with Gasteiger partial charge in [0.1, 0.15) is 0 Å². The van der Waals surface area contributed by atoms with E-state index >= 15 is 0 Å². The molecule has 1 unspecified atom stereocenters.